The number of carbonyl (C=O) groups excluding carboxylic acids is 2. The van der Waals surface area contributed by atoms with E-state index in [0.29, 0.717) is 17.9 Å². The maximum Gasteiger partial charge on any atom is 0.254 e. The molecule has 25 heavy (non-hydrogen) atoms. The second-order valence-corrected chi connectivity index (χ2v) is 6.73. The maximum absolute atomic E-state index is 12.7. The molecule has 2 fully saturated rings. The lowest BCUT2D eigenvalue weighted by atomic mass is 9.63. The normalized spacial score (nSPS) is 30.4. The summed E-state index contributed by atoms with van der Waals surface area (Å²) in [6, 6.07) is 4.79. The van der Waals surface area contributed by atoms with Crippen LogP contribution in [0.4, 0.5) is 0 Å². The lowest BCUT2D eigenvalue weighted by Crippen LogP contribution is -2.38. The number of phenols is 1. The third-order valence-electron chi connectivity index (χ3n) is 5.34. The molecule has 6 nitrogen and oxygen atoms in total. The van der Waals surface area contributed by atoms with Gasteiger partial charge in [0.2, 0.25) is 0 Å². The minimum Gasteiger partial charge on any atom is -0.504 e. The van der Waals surface area contributed by atoms with E-state index in [9.17, 15) is 14.7 Å². The fraction of sp³-hybridized carbons (Fsp3) is 0.421. The average molecular weight is 340 g/mol. The van der Waals surface area contributed by atoms with Gasteiger partial charge in [-0.3, -0.25) is 9.59 Å². The molecule has 0 spiro atoms. The average Bonchev–Trinajstić information content (AvgIpc) is 2.90. The molecule has 1 aromatic rings. The molecule has 0 unspecified atom stereocenters. The van der Waals surface area contributed by atoms with Gasteiger partial charge < -0.3 is 9.84 Å². The molecule has 4 atom stereocenters. The highest BCUT2D eigenvalue weighted by atomic mass is 16.5. The predicted octanol–water partition coefficient (Wildman–Crippen LogP) is 2.32. The summed E-state index contributed by atoms with van der Waals surface area (Å²) in [7, 11) is 0. The fourth-order valence-corrected chi connectivity index (χ4v) is 4.18. The van der Waals surface area contributed by atoms with Crippen LogP contribution in [0.3, 0.4) is 0 Å². The zero-order valence-electron chi connectivity index (χ0n) is 14.0. The molecule has 1 saturated carbocycles. The Labute approximate surface area is 145 Å². The van der Waals surface area contributed by atoms with E-state index in [-0.39, 0.29) is 41.2 Å². The Morgan fingerprint density at radius 3 is 2.40 bits per heavy atom. The van der Waals surface area contributed by atoms with Gasteiger partial charge in [0.25, 0.3) is 11.8 Å². The van der Waals surface area contributed by atoms with Crippen molar-refractivity contribution < 1.29 is 19.4 Å². The monoisotopic (exact) mass is 340 g/mol. The summed E-state index contributed by atoms with van der Waals surface area (Å²) in [5.41, 5.74) is 0.651. The van der Waals surface area contributed by atoms with Crippen molar-refractivity contribution in [3.8, 4) is 11.5 Å². The molecule has 1 aliphatic heterocycles. The Kier molecular flexibility index (Phi) is 3.82. The third-order valence-corrected chi connectivity index (χ3v) is 5.34. The third kappa shape index (κ3) is 2.52. The van der Waals surface area contributed by atoms with E-state index in [2.05, 4.69) is 17.3 Å². The molecular formula is C19H20N2O4. The molecule has 5 rings (SSSR count). The molecule has 1 N–H and O–H groups in total. The summed E-state index contributed by atoms with van der Waals surface area (Å²) < 4.78 is 5.34. The van der Waals surface area contributed by atoms with Crippen molar-refractivity contribution in [3.05, 3.63) is 35.9 Å². The van der Waals surface area contributed by atoms with Gasteiger partial charge in [0.1, 0.15) is 0 Å². The highest BCUT2D eigenvalue weighted by Gasteiger charge is 2.56. The van der Waals surface area contributed by atoms with E-state index >= 15 is 0 Å². The van der Waals surface area contributed by atoms with Crippen LogP contribution in [0.2, 0.25) is 0 Å². The first kappa shape index (κ1) is 15.9. The first-order valence-corrected chi connectivity index (χ1v) is 8.66. The number of hydrogen-bond acceptors (Lipinski definition) is 5. The number of rotatable bonds is 4. The van der Waals surface area contributed by atoms with Crippen molar-refractivity contribution in [3.63, 3.8) is 0 Å². The number of imide groups is 1. The van der Waals surface area contributed by atoms with Crippen LogP contribution in [0.5, 0.6) is 11.5 Å². The Morgan fingerprint density at radius 1 is 1.20 bits per heavy atom. The maximum atomic E-state index is 12.7. The largest absolute Gasteiger partial charge is 0.504 e. The van der Waals surface area contributed by atoms with Crippen molar-refractivity contribution in [1.29, 1.82) is 0 Å². The van der Waals surface area contributed by atoms with E-state index in [4.69, 9.17) is 4.74 Å². The predicted molar refractivity (Wildman–Crippen MR) is 91.1 cm³/mol. The van der Waals surface area contributed by atoms with Gasteiger partial charge >= 0.3 is 0 Å². The molecule has 4 aliphatic rings. The number of amides is 2. The van der Waals surface area contributed by atoms with Crippen LogP contribution >= 0.6 is 0 Å². The number of carbonyl (C=O) groups is 2. The Morgan fingerprint density at radius 2 is 1.84 bits per heavy atom. The highest BCUT2D eigenvalue weighted by Crippen LogP contribution is 2.49. The highest BCUT2D eigenvalue weighted by molar-refractivity contribution is 6.06. The number of benzene rings is 1. The number of phenolic OH excluding ortho intramolecular Hbond substituents is 1. The van der Waals surface area contributed by atoms with Gasteiger partial charge in [-0.25, -0.2) is 0 Å². The van der Waals surface area contributed by atoms with Crippen molar-refractivity contribution in [2.75, 3.05) is 6.61 Å². The topological polar surface area (TPSA) is 79.2 Å². The van der Waals surface area contributed by atoms with Crippen molar-refractivity contribution in [2.45, 2.75) is 19.8 Å². The molecular weight excluding hydrogens is 320 g/mol. The van der Waals surface area contributed by atoms with Crippen LogP contribution < -0.4 is 4.74 Å². The number of aromatic hydroxyl groups is 1. The minimum atomic E-state index is -0.257. The molecule has 6 heteroatoms. The van der Waals surface area contributed by atoms with Gasteiger partial charge in [-0.15, -0.1) is 0 Å². The standard InChI is InChI=1S/C19H20N2O4/c1-2-25-15-9-11(3-8-14(15)22)10-20-21-18(23)16-12-4-5-13(7-6-12)17(16)19(21)24/h3-5,8-10,12-13,16-17,22H,2,6-7H2,1H3/b20-10-/t12-,13+,16-,17-/m0/s1. The molecule has 1 saturated heterocycles. The SMILES string of the molecule is CCOc1cc(/C=N\N2C(=O)[C@@H]3[C@@H](C2=O)[C@H]2C=C[C@@H]3CC2)ccc1O. The zero-order valence-corrected chi connectivity index (χ0v) is 14.0. The van der Waals surface area contributed by atoms with E-state index in [1.807, 2.05) is 6.92 Å². The quantitative estimate of drug-likeness (QED) is 0.518. The number of hydrogen-bond donors (Lipinski definition) is 1. The second kappa shape index (κ2) is 6.02. The van der Waals surface area contributed by atoms with Crippen molar-refractivity contribution in [1.82, 2.24) is 5.01 Å². The van der Waals surface area contributed by atoms with Crippen LogP contribution in [0.25, 0.3) is 0 Å². The first-order chi connectivity index (χ1) is 12.1. The van der Waals surface area contributed by atoms with Crippen LogP contribution in [0.15, 0.2) is 35.5 Å². The number of hydrazone groups is 1. The fourth-order valence-electron chi connectivity index (χ4n) is 4.18. The Hall–Kier alpha value is -2.63. The molecule has 2 amide bonds. The van der Waals surface area contributed by atoms with Gasteiger partial charge in [-0.05, 0) is 55.4 Å². The molecule has 0 aromatic heterocycles. The van der Waals surface area contributed by atoms with E-state index in [1.165, 1.54) is 12.3 Å². The summed E-state index contributed by atoms with van der Waals surface area (Å²) in [5, 5.41) is 14.9. The van der Waals surface area contributed by atoms with Gasteiger partial charge in [0, 0.05) is 0 Å². The van der Waals surface area contributed by atoms with E-state index < -0.39 is 0 Å². The lowest BCUT2D eigenvalue weighted by Gasteiger charge is -2.37. The zero-order chi connectivity index (χ0) is 17.6. The Balaban J connectivity index is 1.57. The molecule has 1 aromatic carbocycles. The Bertz CT molecular complexity index is 754. The molecule has 130 valence electrons. The van der Waals surface area contributed by atoms with Crippen LogP contribution in [0.1, 0.15) is 25.3 Å². The summed E-state index contributed by atoms with van der Waals surface area (Å²) >= 11 is 0. The molecule has 0 radical (unpaired) electrons. The summed E-state index contributed by atoms with van der Waals surface area (Å²) in [5.74, 6) is -0.209. The van der Waals surface area contributed by atoms with E-state index in [0.717, 1.165) is 17.9 Å². The van der Waals surface area contributed by atoms with Gasteiger partial charge in [0.15, 0.2) is 11.5 Å². The van der Waals surface area contributed by atoms with Crippen LogP contribution in [-0.2, 0) is 9.59 Å². The van der Waals surface area contributed by atoms with Gasteiger partial charge in [-0.1, -0.05) is 12.2 Å². The van der Waals surface area contributed by atoms with E-state index in [1.54, 1.807) is 12.1 Å². The number of fused-ring (bicyclic) bond motifs is 1. The van der Waals surface area contributed by atoms with Crippen LogP contribution in [0, 0.1) is 23.7 Å². The summed E-state index contributed by atoms with van der Waals surface area (Å²) in [6.07, 6.45) is 7.57. The summed E-state index contributed by atoms with van der Waals surface area (Å²) in [6.45, 7) is 2.25. The minimum absolute atomic E-state index is 0.0426. The van der Waals surface area contributed by atoms with Crippen molar-refractivity contribution >= 4 is 18.0 Å². The second-order valence-electron chi connectivity index (χ2n) is 6.73. The first-order valence-electron chi connectivity index (χ1n) is 8.66. The molecule has 1 heterocycles. The number of allylic oxidation sites excluding steroid dienone is 2. The summed E-state index contributed by atoms with van der Waals surface area (Å²) in [4.78, 5) is 25.4. The number of nitrogens with zero attached hydrogens (tertiary/aromatic N) is 2. The van der Waals surface area contributed by atoms with Crippen LogP contribution in [-0.4, -0.2) is 34.8 Å². The van der Waals surface area contributed by atoms with Crippen molar-refractivity contribution in [2.24, 2.45) is 28.8 Å². The van der Waals surface area contributed by atoms with Gasteiger partial charge in [-0.2, -0.15) is 10.1 Å². The molecule has 2 bridgehead atoms. The molecule has 3 aliphatic carbocycles. The smallest absolute Gasteiger partial charge is 0.254 e. The number of ether oxygens (including phenoxy) is 1. The van der Waals surface area contributed by atoms with Gasteiger partial charge in [0.05, 0.1) is 24.7 Å². The lowest BCUT2D eigenvalue weighted by molar-refractivity contribution is -0.140.